The Hall–Kier alpha value is -4.38. The molecule has 0 bridgehead atoms. The Balaban J connectivity index is 1.34. The van der Waals surface area contributed by atoms with Gasteiger partial charge in [0.05, 0.1) is 11.4 Å². The minimum Gasteiger partial charge on any atom is -0.243 e. The fraction of sp³-hybridized carbons (Fsp3) is 0.0556. The van der Waals surface area contributed by atoms with Crippen LogP contribution in [-0.2, 0) is 6.42 Å². The molecule has 1 atom stereocenters. The van der Waals surface area contributed by atoms with Gasteiger partial charge in [-0.3, -0.25) is 0 Å². The maximum Gasteiger partial charge on any atom is 0.143 e. The number of rotatable bonds is 2. The summed E-state index contributed by atoms with van der Waals surface area (Å²) in [6.45, 7) is 0. The Morgan fingerprint density at radius 3 is 2.20 bits per heavy atom. The molecule has 0 spiro atoms. The average molecular weight is 547 g/mol. The van der Waals surface area contributed by atoms with Gasteiger partial charge in [0.2, 0.25) is 0 Å². The third kappa shape index (κ3) is 3.21. The molecule has 0 amide bonds. The molecule has 0 saturated carbocycles. The van der Waals surface area contributed by atoms with Gasteiger partial charge in [0.25, 0.3) is 0 Å². The summed E-state index contributed by atoms with van der Waals surface area (Å²) in [5.41, 5.74) is 9.60. The van der Waals surface area contributed by atoms with Crippen LogP contribution < -0.4 is 0 Å². The second-order valence-corrected chi connectivity index (χ2v) is 12.6. The minimum atomic E-state index is 0.114. The highest BCUT2D eigenvalue weighted by atomic mass is 32.1. The van der Waals surface area contributed by atoms with E-state index in [9.17, 15) is 0 Å². The summed E-state index contributed by atoms with van der Waals surface area (Å²) >= 11 is 3.63. The highest BCUT2D eigenvalue weighted by Crippen LogP contribution is 2.50. The van der Waals surface area contributed by atoms with E-state index in [0.717, 1.165) is 33.7 Å². The summed E-state index contributed by atoms with van der Waals surface area (Å²) in [5.74, 6) is 0.114. The van der Waals surface area contributed by atoms with E-state index in [1.807, 2.05) is 11.3 Å². The molecule has 1 aliphatic rings. The number of benzene rings is 5. The van der Waals surface area contributed by atoms with Gasteiger partial charge in [-0.25, -0.2) is 9.97 Å². The van der Waals surface area contributed by atoms with Gasteiger partial charge >= 0.3 is 0 Å². The van der Waals surface area contributed by atoms with Crippen LogP contribution in [0.4, 0.5) is 0 Å². The van der Waals surface area contributed by atoms with E-state index in [-0.39, 0.29) is 5.92 Å². The molecular formula is C36H22N2S2. The zero-order valence-corrected chi connectivity index (χ0v) is 23.1. The van der Waals surface area contributed by atoms with E-state index >= 15 is 0 Å². The average Bonchev–Trinajstić information content (AvgIpc) is 3.58. The van der Waals surface area contributed by atoms with Crippen molar-refractivity contribution in [3.63, 3.8) is 0 Å². The summed E-state index contributed by atoms with van der Waals surface area (Å²) in [5, 5.41) is 3.92. The first-order chi connectivity index (χ1) is 19.8. The lowest BCUT2D eigenvalue weighted by Gasteiger charge is -2.29. The van der Waals surface area contributed by atoms with Crippen molar-refractivity contribution in [3.8, 4) is 22.4 Å². The number of hydrogen-bond acceptors (Lipinski definition) is 4. The van der Waals surface area contributed by atoms with Gasteiger partial charge in [-0.1, -0.05) is 97.1 Å². The third-order valence-corrected chi connectivity index (χ3v) is 10.5. The van der Waals surface area contributed by atoms with E-state index in [4.69, 9.17) is 9.97 Å². The van der Waals surface area contributed by atoms with Crippen LogP contribution in [0.15, 0.2) is 115 Å². The summed E-state index contributed by atoms with van der Waals surface area (Å²) < 4.78 is 3.93. The van der Waals surface area contributed by atoms with E-state index in [0.29, 0.717) is 0 Å². The van der Waals surface area contributed by atoms with E-state index in [2.05, 4.69) is 115 Å². The number of aromatic nitrogens is 2. The topological polar surface area (TPSA) is 25.8 Å². The molecule has 0 N–H and O–H groups in total. The Kier molecular flexibility index (Phi) is 4.80. The van der Waals surface area contributed by atoms with Crippen LogP contribution in [0.3, 0.4) is 0 Å². The molecule has 5 aromatic carbocycles. The van der Waals surface area contributed by atoms with Crippen molar-refractivity contribution in [2.75, 3.05) is 0 Å². The predicted molar refractivity (Wildman–Crippen MR) is 171 cm³/mol. The first kappa shape index (κ1) is 22.4. The van der Waals surface area contributed by atoms with Crippen LogP contribution in [-0.4, -0.2) is 9.97 Å². The van der Waals surface area contributed by atoms with Crippen molar-refractivity contribution in [1.82, 2.24) is 9.97 Å². The molecule has 8 aromatic rings. The molecule has 0 saturated heterocycles. The van der Waals surface area contributed by atoms with Gasteiger partial charge in [0.15, 0.2) is 0 Å². The van der Waals surface area contributed by atoms with E-state index in [1.54, 1.807) is 11.3 Å². The Bertz CT molecular complexity index is 2260. The lowest BCUT2D eigenvalue weighted by molar-refractivity contribution is 0.768. The third-order valence-electron chi connectivity index (χ3n) is 8.28. The summed E-state index contributed by atoms with van der Waals surface area (Å²) in [7, 11) is 0. The molecule has 9 rings (SSSR count). The van der Waals surface area contributed by atoms with Crippen LogP contribution in [0, 0.1) is 0 Å². The molecule has 188 valence electrons. The van der Waals surface area contributed by atoms with Crippen molar-refractivity contribution in [2.24, 2.45) is 0 Å². The number of hydrogen-bond donors (Lipinski definition) is 0. The highest BCUT2D eigenvalue weighted by Gasteiger charge is 2.31. The Morgan fingerprint density at radius 1 is 0.600 bits per heavy atom. The Morgan fingerprint density at radius 2 is 1.32 bits per heavy atom. The highest BCUT2D eigenvalue weighted by molar-refractivity contribution is 7.26. The van der Waals surface area contributed by atoms with Gasteiger partial charge in [0.1, 0.15) is 10.3 Å². The van der Waals surface area contributed by atoms with Crippen molar-refractivity contribution in [3.05, 3.63) is 132 Å². The van der Waals surface area contributed by atoms with Crippen LogP contribution in [0.2, 0.25) is 0 Å². The largest absolute Gasteiger partial charge is 0.243 e. The second-order valence-electron chi connectivity index (χ2n) is 10.5. The molecule has 0 fully saturated rings. The van der Waals surface area contributed by atoms with E-state index in [1.165, 1.54) is 52.5 Å². The molecular weight excluding hydrogens is 525 g/mol. The molecule has 40 heavy (non-hydrogen) atoms. The normalized spacial score (nSPS) is 14.7. The summed E-state index contributed by atoms with van der Waals surface area (Å²) in [6.07, 6.45) is 0.900. The lowest BCUT2D eigenvalue weighted by Crippen LogP contribution is -2.15. The van der Waals surface area contributed by atoms with Crippen LogP contribution in [0.1, 0.15) is 22.7 Å². The molecule has 0 aliphatic heterocycles. The van der Waals surface area contributed by atoms with Crippen LogP contribution in [0.5, 0.6) is 0 Å². The quantitative estimate of drug-likeness (QED) is 0.216. The fourth-order valence-corrected chi connectivity index (χ4v) is 8.67. The number of nitrogens with zero attached hydrogens (tertiary/aromatic N) is 2. The number of fused-ring (bicyclic) bond motifs is 10. The zero-order valence-electron chi connectivity index (χ0n) is 21.5. The first-order valence-electron chi connectivity index (χ1n) is 13.6. The van der Waals surface area contributed by atoms with Crippen molar-refractivity contribution < 1.29 is 0 Å². The fourth-order valence-electron chi connectivity index (χ4n) is 6.53. The molecule has 3 heterocycles. The van der Waals surface area contributed by atoms with Gasteiger partial charge in [-0.15, -0.1) is 22.7 Å². The standard InChI is InChI=1S/C36H22N2S2/c1-2-10-21(11-3-1)33-34(38-36-35(37-33)26-15-7-9-17-29(26)40-36)27-20-22-18-19-30-32(25-14-6-8-16-28(25)39-30)31(22)24-13-5-4-12-23(24)27/h1-19,27H,20H2. The van der Waals surface area contributed by atoms with Gasteiger partial charge < -0.3 is 0 Å². The molecule has 1 unspecified atom stereocenters. The maximum absolute atomic E-state index is 5.44. The summed E-state index contributed by atoms with van der Waals surface area (Å²) in [4.78, 5) is 11.8. The second kappa shape index (κ2) is 8.56. The molecule has 2 nitrogen and oxygen atoms in total. The van der Waals surface area contributed by atoms with Crippen LogP contribution >= 0.6 is 22.7 Å². The maximum atomic E-state index is 5.44. The van der Waals surface area contributed by atoms with Gasteiger partial charge in [-0.05, 0) is 46.9 Å². The molecule has 3 aromatic heterocycles. The summed E-state index contributed by atoms with van der Waals surface area (Å²) in [6, 6.07) is 41.6. The zero-order chi connectivity index (χ0) is 26.2. The smallest absolute Gasteiger partial charge is 0.143 e. The van der Waals surface area contributed by atoms with Crippen molar-refractivity contribution in [2.45, 2.75) is 12.3 Å². The minimum absolute atomic E-state index is 0.114. The molecule has 1 aliphatic carbocycles. The molecule has 4 heteroatoms. The van der Waals surface area contributed by atoms with Crippen molar-refractivity contribution in [1.29, 1.82) is 0 Å². The van der Waals surface area contributed by atoms with Gasteiger partial charge in [0, 0.05) is 41.7 Å². The molecule has 0 radical (unpaired) electrons. The van der Waals surface area contributed by atoms with E-state index < -0.39 is 0 Å². The number of thiophene rings is 2. The lowest BCUT2D eigenvalue weighted by atomic mass is 9.75. The Labute approximate surface area is 239 Å². The predicted octanol–water partition coefficient (Wildman–Crippen LogP) is 10.2. The van der Waals surface area contributed by atoms with Gasteiger partial charge in [-0.2, -0.15) is 0 Å². The van der Waals surface area contributed by atoms with Crippen molar-refractivity contribution >= 4 is 63.3 Å². The monoisotopic (exact) mass is 546 g/mol. The first-order valence-corrected chi connectivity index (χ1v) is 15.2. The van der Waals surface area contributed by atoms with Crippen LogP contribution in [0.25, 0.3) is 63.0 Å². The SMILES string of the molecule is c1ccc(-c2nc3c(nc2C2Cc4ccc5sc6ccccc6c5c4-c4ccccc42)sc2ccccc23)cc1.